The minimum absolute atomic E-state index is 0.623. The molecule has 0 fully saturated rings. The van der Waals surface area contributed by atoms with Crippen LogP contribution >= 0.6 is 0 Å². The number of rotatable bonds is 11. The van der Waals surface area contributed by atoms with Crippen LogP contribution in [0.25, 0.3) is 0 Å². The van der Waals surface area contributed by atoms with E-state index >= 15 is 0 Å². The molecule has 0 heterocycles. The first-order valence-electron chi connectivity index (χ1n) is 6.37. The van der Waals surface area contributed by atoms with Gasteiger partial charge in [0.15, 0.2) is 0 Å². The van der Waals surface area contributed by atoms with Crippen LogP contribution in [0.15, 0.2) is 12.2 Å². The summed E-state index contributed by atoms with van der Waals surface area (Å²) in [7, 11) is 0. The molecule has 0 aromatic heterocycles. The van der Waals surface area contributed by atoms with E-state index in [0.29, 0.717) is 5.57 Å². The van der Waals surface area contributed by atoms with Crippen molar-refractivity contribution in [2.75, 3.05) is 0 Å². The molecule has 15 heavy (non-hydrogen) atoms. The van der Waals surface area contributed by atoms with E-state index < -0.39 is 0 Å². The van der Waals surface area contributed by atoms with Gasteiger partial charge in [0.05, 0.1) is 0 Å². The maximum absolute atomic E-state index is 10.1. The lowest BCUT2D eigenvalue weighted by atomic mass is 10.1. The molecule has 87 valence electrons. The minimum Gasteiger partial charge on any atom is -0.285 e. The van der Waals surface area contributed by atoms with Crippen molar-refractivity contribution in [1.82, 2.24) is 0 Å². The molecule has 0 atom stereocenters. The topological polar surface area (TPSA) is 17.1 Å². The van der Waals surface area contributed by atoms with E-state index in [-0.39, 0.29) is 0 Å². The Morgan fingerprint density at radius 1 is 0.933 bits per heavy atom. The molecule has 0 unspecified atom stereocenters. The summed E-state index contributed by atoms with van der Waals surface area (Å²) >= 11 is 0. The zero-order valence-electron chi connectivity index (χ0n) is 10.2. The summed E-state index contributed by atoms with van der Waals surface area (Å²) in [5, 5.41) is 0. The molecule has 0 aliphatic heterocycles. The highest BCUT2D eigenvalue weighted by molar-refractivity contribution is 5.72. The first kappa shape index (κ1) is 14.4. The Bertz CT molecular complexity index is 161. The summed E-state index contributed by atoms with van der Waals surface area (Å²) in [4.78, 5) is 10.1. The zero-order valence-corrected chi connectivity index (χ0v) is 10.2. The van der Waals surface area contributed by atoms with Crippen molar-refractivity contribution < 1.29 is 4.79 Å². The number of unbranched alkanes of at least 4 members (excludes halogenated alkanes) is 8. The Morgan fingerprint density at radius 3 is 1.87 bits per heavy atom. The van der Waals surface area contributed by atoms with Gasteiger partial charge in [-0.25, -0.2) is 0 Å². The van der Waals surface area contributed by atoms with Crippen LogP contribution < -0.4 is 0 Å². The Balaban J connectivity index is 2.98. The maximum atomic E-state index is 10.1. The van der Waals surface area contributed by atoms with Crippen LogP contribution in [-0.4, -0.2) is 6.29 Å². The zero-order chi connectivity index (χ0) is 11.4. The average molecular weight is 209 g/mol. The molecule has 0 rings (SSSR count). The molecule has 0 N–H and O–H groups in total. The second-order valence-corrected chi connectivity index (χ2v) is 4.28. The monoisotopic (exact) mass is 209 g/mol. The van der Waals surface area contributed by atoms with E-state index in [9.17, 15) is 4.79 Å². The van der Waals surface area contributed by atoms with Gasteiger partial charge in [-0.3, -0.25) is 4.79 Å². The molecule has 0 aliphatic carbocycles. The molecular weight excluding hydrogens is 184 g/mol. The Kier molecular flexibility index (Phi) is 11.0. The van der Waals surface area contributed by atoms with Gasteiger partial charge in [-0.1, -0.05) is 64.9 Å². The Morgan fingerprint density at radius 2 is 1.40 bits per heavy atom. The van der Waals surface area contributed by atoms with E-state index in [1.165, 1.54) is 51.4 Å². The molecule has 0 aliphatic rings. The van der Waals surface area contributed by atoms with Crippen molar-refractivity contribution in [2.45, 2.75) is 71.1 Å². The SMILES string of the molecule is C=C([C]=O)CCCCCCCCCCC. The molecule has 0 bridgehead atoms. The highest BCUT2D eigenvalue weighted by Gasteiger charge is 1.94. The molecular formula is C14H25O. The minimum atomic E-state index is 0.623. The van der Waals surface area contributed by atoms with Crippen LogP contribution in [0.3, 0.4) is 0 Å². The van der Waals surface area contributed by atoms with Crippen molar-refractivity contribution in [2.24, 2.45) is 0 Å². The maximum Gasteiger partial charge on any atom is 0.228 e. The molecule has 1 radical (unpaired) electrons. The van der Waals surface area contributed by atoms with Crippen LogP contribution in [0.5, 0.6) is 0 Å². The first-order chi connectivity index (χ1) is 7.31. The third-order valence-corrected chi connectivity index (χ3v) is 2.73. The van der Waals surface area contributed by atoms with Gasteiger partial charge in [0.2, 0.25) is 6.29 Å². The van der Waals surface area contributed by atoms with Crippen molar-refractivity contribution in [3.8, 4) is 0 Å². The second kappa shape index (κ2) is 11.5. The third kappa shape index (κ3) is 11.3. The van der Waals surface area contributed by atoms with Gasteiger partial charge in [0.25, 0.3) is 0 Å². The predicted octanol–water partition coefficient (Wildman–Crippen LogP) is 4.57. The van der Waals surface area contributed by atoms with Gasteiger partial charge in [-0.15, -0.1) is 0 Å². The quantitative estimate of drug-likeness (QED) is 0.360. The lowest BCUT2D eigenvalue weighted by Crippen LogP contribution is -1.84. The van der Waals surface area contributed by atoms with Gasteiger partial charge in [0, 0.05) is 0 Å². The molecule has 0 amide bonds. The van der Waals surface area contributed by atoms with Crippen molar-refractivity contribution in [1.29, 1.82) is 0 Å². The molecule has 0 saturated carbocycles. The summed E-state index contributed by atoms with van der Waals surface area (Å²) < 4.78 is 0. The molecule has 0 saturated heterocycles. The largest absolute Gasteiger partial charge is 0.285 e. The molecule has 1 heteroatoms. The van der Waals surface area contributed by atoms with E-state index in [0.717, 1.165) is 12.8 Å². The lowest BCUT2D eigenvalue weighted by molar-refractivity contribution is 0.553. The Hall–Kier alpha value is -0.590. The summed E-state index contributed by atoms with van der Waals surface area (Å²) in [6.45, 7) is 5.86. The highest BCUT2D eigenvalue weighted by atomic mass is 16.1. The summed E-state index contributed by atoms with van der Waals surface area (Å²) in [6.07, 6.45) is 14.5. The smallest absolute Gasteiger partial charge is 0.228 e. The molecule has 0 aromatic rings. The summed E-state index contributed by atoms with van der Waals surface area (Å²) in [6, 6.07) is 0. The third-order valence-electron chi connectivity index (χ3n) is 2.73. The lowest BCUT2D eigenvalue weighted by Gasteiger charge is -2.01. The Labute approximate surface area is 95.0 Å². The van der Waals surface area contributed by atoms with Gasteiger partial charge >= 0.3 is 0 Å². The van der Waals surface area contributed by atoms with Gasteiger partial charge < -0.3 is 0 Å². The molecule has 0 aromatic carbocycles. The van der Waals surface area contributed by atoms with Crippen molar-refractivity contribution >= 4 is 6.29 Å². The number of hydrogen-bond donors (Lipinski definition) is 0. The fourth-order valence-corrected chi connectivity index (χ4v) is 1.70. The van der Waals surface area contributed by atoms with Gasteiger partial charge in [0.1, 0.15) is 0 Å². The normalized spacial score (nSPS) is 10.2. The average Bonchev–Trinajstić information content (AvgIpc) is 2.26. The van der Waals surface area contributed by atoms with Crippen LogP contribution in [0, 0.1) is 0 Å². The van der Waals surface area contributed by atoms with Crippen molar-refractivity contribution in [3.05, 3.63) is 12.2 Å². The predicted molar refractivity (Wildman–Crippen MR) is 66.7 cm³/mol. The molecule has 0 spiro atoms. The fourth-order valence-electron chi connectivity index (χ4n) is 1.70. The van der Waals surface area contributed by atoms with Crippen LogP contribution in [0.4, 0.5) is 0 Å². The molecule has 1 nitrogen and oxygen atoms in total. The van der Waals surface area contributed by atoms with Crippen molar-refractivity contribution in [3.63, 3.8) is 0 Å². The standard InChI is InChI=1S/C14H25O/c1-3-4-5-6-7-8-9-10-11-12-14(2)13-15/h2-12H2,1H3. The van der Waals surface area contributed by atoms with Crippen LogP contribution in [0.1, 0.15) is 71.1 Å². The van der Waals surface area contributed by atoms with E-state index in [2.05, 4.69) is 13.5 Å². The van der Waals surface area contributed by atoms with E-state index in [1.807, 2.05) is 6.29 Å². The second-order valence-electron chi connectivity index (χ2n) is 4.28. The van der Waals surface area contributed by atoms with Crippen LogP contribution in [-0.2, 0) is 4.79 Å². The number of carbonyl (C=O) groups excluding carboxylic acids is 1. The number of hydrogen-bond acceptors (Lipinski definition) is 1. The summed E-state index contributed by atoms with van der Waals surface area (Å²) in [5.74, 6) is 0. The van der Waals surface area contributed by atoms with E-state index in [1.54, 1.807) is 0 Å². The fraction of sp³-hybridized carbons (Fsp3) is 0.786. The summed E-state index contributed by atoms with van der Waals surface area (Å²) in [5.41, 5.74) is 0.623. The van der Waals surface area contributed by atoms with Gasteiger partial charge in [-0.05, 0) is 18.4 Å². The van der Waals surface area contributed by atoms with Crippen LogP contribution in [0.2, 0.25) is 0 Å². The van der Waals surface area contributed by atoms with E-state index in [4.69, 9.17) is 0 Å². The number of allylic oxidation sites excluding steroid dienone is 1. The van der Waals surface area contributed by atoms with Gasteiger partial charge in [-0.2, -0.15) is 0 Å². The highest BCUT2D eigenvalue weighted by Crippen LogP contribution is 2.11. The first-order valence-corrected chi connectivity index (χ1v) is 6.37.